The monoisotopic (exact) mass is 179 g/mol. The van der Waals surface area contributed by atoms with E-state index in [-0.39, 0.29) is 24.2 Å². The number of nitrogens with zero attached hydrogens (tertiary/aromatic N) is 1. The summed E-state index contributed by atoms with van der Waals surface area (Å²) in [5.41, 5.74) is 0. The topological polar surface area (TPSA) is 57.6 Å². The summed E-state index contributed by atoms with van der Waals surface area (Å²) in [5, 5.41) is 8.79. The van der Waals surface area contributed by atoms with Crippen molar-refractivity contribution in [3.8, 4) is 0 Å². The van der Waals surface area contributed by atoms with Gasteiger partial charge < -0.3 is 5.11 Å². The Morgan fingerprint density at radius 1 is 1.64 bits per heavy atom. The molecule has 5 heteroatoms. The molecule has 0 saturated carbocycles. The van der Waals surface area contributed by atoms with Gasteiger partial charge in [0, 0.05) is 12.6 Å². The molecule has 0 aromatic carbocycles. The normalized spacial score (nSPS) is 32.0. The minimum atomic E-state index is -2.88. The molecule has 0 aromatic heterocycles. The third-order valence-electron chi connectivity index (χ3n) is 2.04. The number of aliphatic hydroxyl groups excluding tert-OH is 1. The lowest BCUT2D eigenvalue weighted by atomic mass is 10.3. The molecule has 1 aliphatic rings. The van der Waals surface area contributed by atoms with Gasteiger partial charge in [0.1, 0.15) is 0 Å². The molecule has 1 fully saturated rings. The van der Waals surface area contributed by atoms with Crippen LogP contribution >= 0.6 is 0 Å². The van der Waals surface area contributed by atoms with E-state index >= 15 is 0 Å². The summed E-state index contributed by atoms with van der Waals surface area (Å²) >= 11 is 0. The van der Waals surface area contributed by atoms with Crippen LogP contribution in [0.25, 0.3) is 0 Å². The van der Waals surface area contributed by atoms with Crippen molar-refractivity contribution < 1.29 is 13.5 Å². The van der Waals surface area contributed by atoms with E-state index < -0.39 is 9.84 Å². The molecule has 4 nitrogen and oxygen atoms in total. The van der Waals surface area contributed by atoms with Crippen LogP contribution in [0.5, 0.6) is 0 Å². The maximum absolute atomic E-state index is 11.0. The van der Waals surface area contributed by atoms with Gasteiger partial charge >= 0.3 is 0 Å². The van der Waals surface area contributed by atoms with E-state index in [1.165, 1.54) is 0 Å². The van der Waals surface area contributed by atoms with Crippen LogP contribution in [0.3, 0.4) is 0 Å². The van der Waals surface area contributed by atoms with Crippen LogP contribution in [0.2, 0.25) is 0 Å². The molecule has 1 rings (SSSR count). The van der Waals surface area contributed by atoms with E-state index in [4.69, 9.17) is 5.11 Å². The van der Waals surface area contributed by atoms with Gasteiger partial charge in [-0.2, -0.15) is 0 Å². The van der Waals surface area contributed by atoms with Gasteiger partial charge in [0.2, 0.25) is 0 Å². The Kier molecular flexibility index (Phi) is 2.51. The molecule has 0 unspecified atom stereocenters. The average molecular weight is 179 g/mol. The second-order valence-corrected chi connectivity index (χ2v) is 5.16. The SMILES string of the molecule is CN1CCS(=O)(=O)C[C@H]1CO. The third kappa shape index (κ3) is 2.15. The summed E-state index contributed by atoms with van der Waals surface area (Å²) in [7, 11) is -1.05. The number of likely N-dealkylation sites (N-methyl/N-ethyl adjacent to an activating group) is 1. The highest BCUT2D eigenvalue weighted by Gasteiger charge is 2.27. The zero-order chi connectivity index (χ0) is 8.48. The van der Waals surface area contributed by atoms with E-state index in [9.17, 15) is 8.42 Å². The van der Waals surface area contributed by atoms with Crippen LogP contribution in [0.15, 0.2) is 0 Å². The molecule has 0 radical (unpaired) electrons. The second kappa shape index (κ2) is 3.08. The quantitative estimate of drug-likeness (QED) is 0.544. The van der Waals surface area contributed by atoms with Crippen molar-refractivity contribution in [3.05, 3.63) is 0 Å². The molecule has 1 atom stereocenters. The first kappa shape index (κ1) is 8.96. The van der Waals surface area contributed by atoms with Crippen molar-refractivity contribution in [2.75, 3.05) is 31.7 Å². The maximum atomic E-state index is 11.0. The van der Waals surface area contributed by atoms with Gasteiger partial charge in [0.25, 0.3) is 0 Å². The number of hydrogen-bond donors (Lipinski definition) is 1. The molecule has 0 bridgehead atoms. The molecule has 1 saturated heterocycles. The van der Waals surface area contributed by atoms with Crippen LogP contribution in [-0.4, -0.2) is 56.2 Å². The van der Waals surface area contributed by atoms with Gasteiger partial charge in [-0.05, 0) is 7.05 Å². The fourth-order valence-corrected chi connectivity index (χ4v) is 2.84. The smallest absolute Gasteiger partial charge is 0.153 e. The van der Waals surface area contributed by atoms with Crippen molar-refractivity contribution in [1.82, 2.24) is 4.90 Å². The lowest BCUT2D eigenvalue weighted by Crippen LogP contribution is -2.48. The lowest BCUT2D eigenvalue weighted by molar-refractivity contribution is 0.161. The van der Waals surface area contributed by atoms with Crippen molar-refractivity contribution in [2.24, 2.45) is 0 Å². The molecule has 1 N–H and O–H groups in total. The molecule has 1 heterocycles. The van der Waals surface area contributed by atoms with E-state index in [1.807, 2.05) is 11.9 Å². The van der Waals surface area contributed by atoms with Crippen LogP contribution in [0.1, 0.15) is 0 Å². The Morgan fingerprint density at radius 3 is 2.73 bits per heavy atom. The van der Waals surface area contributed by atoms with Crippen LogP contribution in [0.4, 0.5) is 0 Å². The first-order valence-electron chi connectivity index (χ1n) is 3.57. The molecule has 0 spiro atoms. The number of rotatable bonds is 1. The van der Waals surface area contributed by atoms with Crippen LogP contribution in [0, 0.1) is 0 Å². The summed E-state index contributed by atoms with van der Waals surface area (Å²) in [6, 6.07) is -0.200. The summed E-state index contributed by atoms with van der Waals surface area (Å²) < 4.78 is 22.1. The molecular weight excluding hydrogens is 166 g/mol. The van der Waals surface area contributed by atoms with Crippen molar-refractivity contribution in [2.45, 2.75) is 6.04 Å². The Morgan fingerprint density at radius 2 is 2.27 bits per heavy atom. The standard InChI is InChI=1S/C6H13NO3S/c1-7-2-3-11(9,10)5-6(7)4-8/h6,8H,2-5H2,1H3/t6-/m1/s1. The molecule has 11 heavy (non-hydrogen) atoms. The first-order valence-corrected chi connectivity index (χ1v) is 5.39. The van der Waals surface area contributed by atoms with Crippen LogP contribution in [-0.2, 0) is 9.84 Å². The van der Waals surface area contributed by atoms with Gasteiger partial charge in [-0.1, -0.05) is 0 Å². The zero-order valence-corrected chi connectivity index (χ0v) is 7.34. The summed E-state index contributed by atoms with van der Waals surface area (Å²) in [4.78, 5) is 1.88. The minimum absolute atomic E-state index is 0.0737. The van der Waals surface area contributed by atoms with E-state index in [1.54, 1.807) is 0 Å². The number of hydrogen-bond acceptors (Lipinski definition) is 4. The Bertz CT molecular complexity index is 224. The van der Waals surface area contributed by atoms with E-state index in [0.717, 1.165) is 0 Å². The van der Waals surface area contributed by atoms with E-state index in [2.05, 4.69) is 0 Å². The maximum Gasteiger partial charge on any atom is 0.153 e. The molecule has 66 valence electrons. The van der Waals surface area contributed by atoms with Gasteiger partial charge in [0.05, 0.1) is 18.1 Å². The van der Waals surface area contributed by atoms with E-state index in [0.29, 0.717) is 6.54 Å². The first-order chi connectivity index (χ1) is 5.05. The molecule has 0 aromatic rings. The predicted molar refractivity (Wildman–Crippen MR) is 42.2 cm³/mol. The largest absolute Gasteiger partial charge is 0.395 e. The average Bonchev–Trinajstić information content (AvgIpc) is 1.94. The molecule has 0 aliphatic carbocycles. The van der Waals surface area contributed by atoms with Crippen molar-refractivity contribution in [3.63, 3.8) is 0 Å². The van der Waals surface area contributed by atoms with Crippen molar-refractivity contribution >= 4 is 9.84 Å². The Balaban J connectivity index is 2.66. The predicted octanol–water partition coefficient (Wildman–Crippen LogP) is -1.29. The van der Waals surface area contributed by atoms with Crippen LogP contribution < -0.4 is 0 Å². The Hall–Kier alpha value is -0.130. The highest BCUT2D eigenvalue weighted by molar-refractivity contribution is 7.91. The van der Waals surface area contributed by atoms with Crippen molar-refractivity contribution in [1.29, 1.82) is 0 Å². The fraction of sp³-hybridized carbons (Fsp3) is 1.00. The highest BCUT2D eigenvalue weighted by Crippen LogP contribution is 2.08. The van der Waals surface area contributed by atoms with Gasteiger partial charge in [0.15, 0.2) is 9.84 Å². The summed E-state index contributed by atoms with van der Waals surface area (Å²) in [5.74, 6) is 0.319. The van der Waals surface area contributed by atoms with Gasteiger partial charge in [-0.3, -0.25) is 4.90 Å². The van der Waals surface area contributed by atoms with Gasteiger partial charge in [-0.25, -0.2) is 8.42 Å². The zero-order valence-electron chi connectivity index (χ0n) is 6.52. The minimum Gasteiger partial charge on any atom is -0.395 e. The Labute approximate surface area is 66.7 Å². The molecular formula is C6H13NO3S. The molecule has 1 aliphatic heterocycles. The number of aliphatic hydroxyl groups is 1. The summed E-state index contributed by atoms with van der Waals surface area (Å²) in [6.07, 6.45) is 0. The molecule has 0 amide bonds. The van der Waals surface area contributed by atoms with Gasteiger partial charge in [-0.15, -0.1) is 0 Å². The summed E-state index contributed by atoms with van der Waals surface area (Å²) in [6.45, 7) is 0.462. The third-order valence-corrected chi connectivity index (χ3v) is 3.73. The fourth-order valence-electron chi connectivity index (χ4n) is 1.16. The second-order valence-electron chi connectivity index (χ2n) is 2.93. The lowest BCUT2D eigenvalue weighted by Gasteiger charge is -2.30. The number of sulfone groups is 1. The highest BCUT2D eigenvalue weighted by atomic mass is 32.2.